The Labute approximate surface area is 154 Å². The number of carbonyl (C=O) groups excluding carboxylic acids is 1. The molecule has 128 valence electrons. The van der Waals surface area contributed by atoms with E-state index >= 15 is 0 Å². The Hall–Kier alpha value is -2.82. The lowest BCUT2D eigenvalue weighted by molar-refractivity contribution is 0.0955. The topological polar surface area (TPSA) is 58.5 Å². The number of benzene rings is 2. The van der Waals surface area contributed by atoms with Crippen molar-refractivity contribution in [3.05, 3.63) is 83.2 Å². The van der Waals surface area contributed by atoms with Crippen LogP contribution in [0.15, 0.2) is 71.3 Å². The van der Waals surface area contributed by atoms with Crippen LogP contribution in [0, 0.1) is 0 Å². The SMILES string of the molecule is O=C(c1c[nH]c2ccccc12)[C@@H]1O[C@@H]1c1ccc(-c2ccccc2Cl)o1. The van der Waals surface area contributed by atoms with Crippen molar-refractivity contribution < 1.29 is 13.9 Å². The summed E-state index contributed by atoms with van der Waals surface area (Å²) in [6, 6.07) is 18.9. The molecule has 0 saturated carbocycles. The molecule has 1 aliphatic heterocycles. The van der Waals surface area contributed by atoms with Crippen LogP contribution in [0.4, 0.5) is 0 Å². The van der Waals surface area contributed by atoms with Crippen molar-refractivity contribution in [2.24, 2.45) is 0 Å². The lowest BCUT2D eigenvalue weighted by Crippen LogP contribution is -2.07. The second-order valence-electron chi connectivity index (χ2n) is 6.27. The van der Waals surface area contributed by atoms with E-state index in [4.69, 9.17) is 20.8 Å². The van der Waals surface area contributed by atoms with E-state index in [0.717, 1.165) is 16.5 Å². The summed E-state index contributed by atoms with van der Waals surface area (Å²) in [4.78, 5) is 15.9. The number of aromatic amines is 1. The Morgan fingerprint density at radius 2 is 1.81 bits per heavy atom. The highest BCUT2D eigenvalue weighted by molar-refractivity contribution is 6.33. The first kappa shape index (κ1) is 15.4. The Bertz CT molecular complexity index is 1130. The summed E-state index contributed by atoms with van der Waals surface area (Å²) >= 11 is 6.22. The highest BCUT2D eigenvalue weighted by Crippen LogP contribution is 2.43. The zero-order valence-electron chi connectivity index (χ0n) is 13.6. The van der Waals surface area contributed by atoms with Gasteiger partial charge >= 0.3 is 0 Å². The average molecular weight is 364 g/mol. The number of furan rings is 1. The largest absolute Gasteiger partial charge is 0.458 e. The molecule has 1 saturated heterocycles. The third-order valence-electron chi connectivity index (χ3n) is 4.65. The first-order valence-corrected chi connectivity index (χ1v) is 8.70. The number of para-hydroxylation sites is 1. The Morgan fingerprint density at radius 3 is 2.69 bits per heavy atom. The zero-order valence-corrected chi connectivity index (χ0v) is 14.4. The second-order valence-corrected chi connectivity index (χ2v) is 6.68. The highest BCUT2D eigenvalue weighted by atomic mass is 35.5. The van der Waals surface area contributed by atoms with Crippen LogP contribution < -0.4 is 0 Å². The molecular weight excluding hydrogens is 350 g/mol. The molecule has 0 radical (unpaired) electrons. The molecule has 0 aliphatic carbocycles. The predicted octanol–water partition coefficient (Wildman–Crippen LogP) is 5.40. The summed E-state index contributed by atoms with van der Waals surface area (Å²) < 4.78 is 11.5. The molecular formula is C21H14ClNO3. The van der Waals surface area contributed by atoms with Crippen LogP contribution in [0.5, 0.6) is 0 Å². The minimum absolute atomic E-state index is 0.0388. The van der Waals surface area contributed by atoms with Gasteiger partial charge in [0.15, 0.2) is 11.9 Å². The van der Waals surface area contributed by atoms with Gasteiger partial charge in [-0.1, -0.05) is 41.9 Å². The van der Waals surface area contributed by atoms with Crippen LogP contribution in [-0.4, -0.2) is 16.9 Å². The third-order valence-corrected chi connectivity index (χ3v) is 4.98. The van der Waals surface area contributed by atoms with Gasteiger partial charge in [-0.2, -0.15) is 0 Å². The van der Waals surface area contributed by atoms with Crippen LogP contribution in [-0.2, 0) is 4.74 Å². The van der Waals surface area contributed by atoms with Gasteiger partial charge in [-0.25, -0.2) is 0 Å². The number of epoxide rings is 1. The molecule has 0 unspecified atom stereocenters. The summed E-state index contributed by atoms with van der Waals surface area (Å²) in [6.07, 6.45) is 0.870. The van der Waals surface area contributed by atoms with Gasteiger partial charge in [-0.3, -0.25) is 4.79 Å². The van der Waals surface area contributed by atoms with Crippen molar-refractivity contribution in [2.45, 2.75) is 12.2 Å². The zero-order chi connectivity index (χ0) is 17.7. The number of carbonyl (C=O) groups is 1. The number of rotatable bonds is 4. The van der Waals surface area contributed by atoms with Gasteiger partial charge in [0.25, 0.3) is 0 Å². The van der Waals surface area contributed by atoms with Gasteiger partial charge in [-0.15, -0.1) is 0 Å². The molecule has 1 aliphatic rings. The summed E-state index contributed by atoms with van der Waals surface area (Å²) in [6.45, 7) is 0. The van der Waals surface area contributed by atoms with Crippen molar-refractivity contribution in [1.82, 2.24) is 4.98 Å². The molecule has 3 heterocycles. The molecule has 5 heteroatoms. The lowest BCUT2D eigenvalue weighted by Gasteiger charge is -1.99. The van der Waals surface area contributed by atoms with Crippen molar-refractivity contribution in [1.29, 1.82) is 0 Å². The highest BCUT2D eigenvalue weighted by Gasteiger charge is 2.48. The van der Waals surface area contributed by atoms with Gasteiger partial charge in [0.1, 0.15) is 17.6 Å². The maximum absolute atomic E-state index is 12.8. The van der Waals surface area contributed by atoms with Crippen molar-refractivity contribution >= 4 is 28.3 Å². The minimum atomic E-state index is -0.514. The van der Waals surface area contributed by atoms with Gasteiger partial charge in [0.2, 0.25) is 0 Å². The molecule has 1 N–H and O–H groups in total. The molecule has 26 heavy (non-hydrogen) atoms. The fraction of sp³-hybridized carbons (Fsp3) is 0.0952. The number of H-pyrrole nitrogens is 1. The first-order valence-electron chi connectivity index (χ1n) is 8.33. The Morgan fingerprint density at radius 1 is 1.00 bits per heavy atom. The second kappa shape index (κ2) is 5.87. The number of nitrogens with one attached hydrogen (secondary N) is 1. The van der Waals surface area contributed by atoms with Crippen molar-refractivity contribution in [2.75, 3.05) is 0 Å². The fourth-order valence-electron chi connectivity index (χ4n) is 3.27. The summed E-state index contributed by atoms with van der Waals surface area (Å²) in [7, 11) is 0. The van der Waals surface area contributed by atoms with Crippen LogP contribution >= 0.6 is 11.6 Å². The molecule has 4 nitrogen and oxygen atoms in total. The number of ketones is 1. The number of halogens is 1. The molecule has 4 aromatic rings. The predicted molar refractivity (Wildman–Crippen MR) is 99.4 cm³/mol. The van der Waals surface area contributed by atoms with Gasteiger partial charge in [0.05, 0.1) is 5.02 Å². The van der Waals surface area contributed by atoms with Crippen LogP contribution in [0.2, 0.25) is 5.02 Å². The molecule has 0 amide bonds. The monoisotopic (exact) mass is 363 g/mol. The Kier molecular flexibility index (Phi) is 3.48. The van der Waals surface area contributed by atoms with E-state index in [-0.39, 0.29) is 11.9 Å². The number of ether oxygens (including phenoxy) is 1. The average Bonchev–Trinajstić information content (AvgIpc) is 3.12. The van der Waals surface area contributed by atoms with Gasteiger partial charge in [-0.05, 0) is 30.3 Å². The van der Waals surface area contributed by atoms with Gasteiger partial charge < -0.3 is 14.1 Å². The van der Waals surface area contributed by atoms with Gasteiger partial charge in [0, 0.05) is 28.2 Å². The third kappa shape index (κ3) is 2.46. The van der Waals surface area contributed by atoms with E-state index in [0.29, 0.717) is 22.1 Å². The number of fused-ring (bicyclic) bond motifs is 1. The quantitative estimate of drug-likeness (QED) is 0.390. The molecule has 2 atom stereocenters. The van der Waals surface area contributed by atoms with E-state index in [1.54, 1.807) is 6.20 Å². The smallest absolute Gasteiger partial charge is 0.196 e. The molecule has 5 rings (SSSR count). The molecule has 2 aromatic heterocycles. The van der Waals surface area contributed by atoms with E-state index in [2.05, 4.69) is 4.98 Å². The van der Waals surface area contributed by atoms with Crippen LogP contribution in [0.1, 0.15) is 22.2 Å². The number of hydrogen-bond acceptors (Lipinski definition) is 3. The number of aromatic nitrogens is 1. The molecule has 0 spiro atoms. The first-order chi connectivity index (χ1) is 12.7. The van der Waals surface area contributed by atoms with Crippen LogP contribution in [0.25, 0.3) is 22.2 Å². The molecule has 1 fully saturated rings. The summed E-state index contributed by atoms with van der Waals surface area (Å²) in [5.74, 6) is 1.26. The fourth-order valence-corrected chi connectivity index (χ4v) is 3.50. The lowest BCUT2D eigenvalue weighted by atomic mass is 10.0. The Balaban J connectivity index is 1.39. The molecule has 2 aromatic carbocycles. The standard InChI is InChI=1S/C21H14ClNO3/c22-15-7-3-1-6-13(15)17-9-10-18(25-17)20-21(26-20)19(24)14-11-23-16-8-4-2-5-12(14)16/h1-11,20-21,23H/t20-,21+/m1/s1. The van der Waals surface area contributed by atoms with Crippen molar-refractivity contribution in [3.63, 3.8) is 0 Å². The van der Waals surface area contributed by atoms with Crippen LogP contribution in [0.3, 0.4) is 0 Å². The van der Waals surface area contributed by atoms with E-state index in [9.17, 15) is 4.79 Å². The number of hydrogen-bond donors (Lipinski definition) is 1. The summed E-state index contributed by atoms with van der Waals surface area (Å²) in [5.41, 5.74) is 2.40. The maximum Gasteiger partial charge on any atom is 0.196 e. The van der Waals surface area contributed by atoms with Crippen molar-refractivity contribution in [3.8, 4) is 11.3 Å². The maximum atomic E-state index is 12.8. The van der Waals surface area contributed by atoms with E-state index in [1.165, 1.54) is 0 Å². The minimum Gasteiger partial charge on any atom is -0.458 e. The van der Waals surface area contributed by atoms with E-state index in [1.807, 2.05) is 60.7 Å². The summed E-state index contributed by atoms with van der Waals surface area (Å²) in [5, 5.41) is 1.53. The molecule has 0 bridgehead atoms. The van der Waals surface area contributed by atoms with E-state index < -0.39 is 6.10 Å². The normalized spacial score (nSPS) is 19.0. The number of Topliss-reactive ketones (excluding diaryl/α,β-unsaturated/α-hetero) is 1.